The van der Waals surface area contributed by atoms with Gasteiger partial charge in [0.2, 0.25) is 0 Å². The molecule has 2 aromatic rings. The van der Waals surface area contributed by atoms with Crippen molar-refractivity contribution in [3.05, 3.63) is 65.7 Å². The number of carbonyl (C=O) groups excluding carboxylic acids is 1. The molecule has 5 nitrogen and oxygen atoms in total. The van der Waals surface area contributed by atoms with Crippen LogP contribution >= 0.6 is 0 Å². The third-order valence-electron chi connectivity index (χ3n) is 5.95. The van der Waals surface area contributed by atoms with Crippen molar-refractivity contribution in [2.75, 3.05) is 26.2 Å². The first-order valence-electron chi connectivity index (χ1n) is 10.7. The average Bonchev–Trinajstić information content (AvgIpc) is 3.12. The number of carbonyl (C=O) groups is 1. The third-order valence-corrected chi connectivity index (χ3v) is 5.95. The molecule has 2 aliphatic rings. The van der Waals surface area contributed by atoms with Crippen molar-refractivity contribution in [3.8, 4) is 5.75 Å². The predicted molar refractivity (Wildman–Crippen MR) is 113 cm³/mol. The van der Waals surface area contributed by atoms with Crippen LogP contribution in [-0.2, 0) is 17.8 Å². The van der Waals surface area contributed by atoms with Gasteiger partial charge in [-0.2, -0.15) is 0 Å². The minimum absolute atomic E-state index is 0.125. The number of nitrogens with zero attached hydrogens (tertiary/aromatic N) is 1. The van der Waals surface area contributed by atoms with Gasteiger partial charge in [-0.1, -0.05) is 42.5 Å². The van der Waals surface area contributed by atoms with E-state index in [1.54, 1.807) is 0 Å². The maximum Gasteiger partial charge on any atom is 0.410 e. The van der Waals surface area contributed by atoms with Crippen molar-refractivity contribution < 1.29 is 14.3 Å². The molecule has 2 saturated heterocycles. The van der Waals surface area contributed by atoms with E-state index in [0.717, 1.165) is 43.8 Å². The lowest BCUT2D eigenvalue weighted by Crippen LogP contribution is -2.37. The van der Waals surface area contributed by atoms with Crippen LogP contribution < -0.4 is 10.1 Å². The fourth-order valence-corrected chi connectivity index (χ4v) is 4.16. The lowest BCUT2D eigenvalue weighted by atomic mass is 9.94. The summed E-state index contributed by atoms with van der Waals surface area (Å²) >= 11 is 0. The molecule has 0 aromatic heterocycles. The van der Waals surface area contributed by atoms with E-state index < -0.39 is 0 Å². The van der Waals surface area contributed by atoms with Crippen molar-refractivity contribution in [2.45, 2.75) is 38.3 Å². The molecule has 2 heterocycles. The molecule has 29 heavy (non-hydrogen) atoms. The summed E-state index contributed by atoms with van der Waals surface area (Å²) in [6, 6.07) is 18.5. The molecule has 1 unspecified atom stereocenters. The number of benzene rings is 2. The number of hydrogen-bond donors (Lipinski definition) is 1. The molecule has 0 saturated carbocycles. The van der Waals surface area contributed by atoms with E-state index in [0.29, 0.717) is 19.1 Å². The second-order valence-corrected chi connectivity index (χ2v) is 8.03. The van der Waals surface area contributed by atoms with Crippen molar-refractivity contribution >= 4 is 6.09 Å². The van der Waals surface area contributed by atoms with Gasteiger partial charge in [0.05, 0.1) is 6.04 Å². The van der Waals surface area contributed by atoms with Gasteiger partial charge in [0.15, 0.2) is 0 Å². The third kappa shape index (κ3) is 5.51. The normalized spacial score (nSPS) is 19.9. The van der Waals surface area contributed by atoms with Gasteiger partial charge in [0.25, 0.3) is 0 Å². The SMILES string of the molecule is O=C1OCC(Cc2ccc(OCc3ccccc3)cc2)N1CCC1CCNCC1. The Hall–Kier alpha value is -2.53. The van der Waals surface area contributed by atoms with Gasteiger partial charge in [0, 0.05) is 6.54 Å². The molecule has 5 heteroatoms. The predicted octanol–water partition coefficient (Wildman–Crippen LogP) is 4.02. The van der Waals surface area contributed by atoms with Crippen LogP contribution in [0.15, 0.2) is 54.6 Å². The summed E-state index contributed by atoms with van der Waals surface area (Å²) in [6.07, 6.45) is 4.14. The highest BCUT2D eigenvalue weighted by molar-refractivity contribution is 5.70. The maximum absolute atomic E-state index is 12.2. The highest BCUT2D eigenvalue weighted by atomic mass is 16.6. The van der Waals surface area contributed by atoms with Gasteiger partial charge in [0.1, 0.15) is 19.0 Å². The molecule has 4 rings (SSSR count). The summed E-state index contributed by atoms with van der Waals surface area (Å²) in [5.41, 5.74) is 2.36. The highest BCUT2D eigenvalue weighted by Gasteiger charge is 2.33. The molecule has 0 aliphatic carbocycles. The van der Waals surface area contributed by atoms with Gasteiger partial charge in [-0.15, -0.1) is 0 Å². The summed E-state index contributed by atoms with van der Waals surface area (Å²) in [5.74, 6) is 1.57. The topological polar surface area (TPSA) is 50.8 Å². The van der Waals surface area contributed by atoms with Gasteiger partial charge < -0.3 is 19.7 Å². The summed E-state index contributed by atoms with van der Waals surface area (Å²) in [6.45, 7) is 4.04. The van der Waals surface area contributed by atoms with Gasteiger partial charge >= 0.3 is 6.09 Å². The Kier molecular flexibility index (Phi) is 6.67. The molecular weight excluding hydrogens is 364 g/mol. The van der Waals surface area contributed by atoms with Gasteiger partial charge in [-0.3, -0.25) is 0 Å². The first-order valence-corrected chi connectivity index (χ1v) is 10.7. The smallest absolute Gasteiger partial charge is 0.410 e. The molecule has 0 bridgehead atoms. The second kappa shape index (κ2) is 9.79. The van der Waals surface area contributed by atoms with Crippen molar-refractivity contribution in [2.24, 2.45) is 5.92 Å². The molecule has 154 valence electrons. The van der Waals surface area contributed by atoms with E-state index >= 15 is 0 Å². The zero-order chi connectivity index (χ0) is 19.9. The zero-order valence-electron chi connectivity index (χ0n) is 16.9. The molecule has 0 spiro atoms. The Morgan fingerprint density at radius 3 is 2.52 bits per heavy atom. The van der Waals surface area contributed by atoms with E-state index in [4.69, 9.17) is 9.47 Å². The Bertz CT molecular complexity index is 772. The van der Waals surface area contributed by atoms with Crippen LogP contribution in [0.3, 0.4) is 0 Å². The van der Waals surface area contributed by atoms with Crippen LogP contribution in [0.5, 0.6) is 5.75 Å². The molecular formula is C24H30N2O3. The van der Waals surface area contributed by atoms with Crippen LogP contribution in [-0.4, -0.2) is 43.3 Å². The number of amides is 1. The van der Waals surface area contributed by atoms with E-state index in [9.17, 15) is 4.79 Å². The summed E-state index contributed by atoms with van der Waals surface area (Å²) in [4.78, 5) is 14.1. The lowest BCUT2D eigenvalue weighted by Gasteiger charge is -2.27. The fourth-order valence-electron chi connectivity index (χ4n) is 4.16. The number of hydrogen-bond acceptors (Lipinski definition) is 4. The molecule has 2 aliphatic heterocycles. The van der Waals surface area contributed by atoms with Crippen LogP contribution in [0, 0.1) is 5.92 Å². The van der Waals surface area contributed by atoms with E-state index in [2.05, 4.69) is 29.6 Å². The van der Waals surface area contributed by atoms with Crippen molar-refractivity contribution in [1.29, 1.82) is 0 Å². The number of ether oxygens (including phenoxy) is 2. The number of piperidine rings is 1. The summed E-state index contributed by atoms with van der Waals surface area (Å²) < 4.78 is 11.2. The minimum Gasteiger partial charge on any atom is -0.489 e. The number of cyclic esters (lactones) is 1. The van der Waals surface area contributed by atoms with E-state index in [1.165, 1.54) is 18.4 Å². The Morgan fingerprint density at radius 1 is 1.00 bits per heavy atom. The Labute approximate surface area is 173 Å². The molecule has 1 amide bonds. The summed E-state index contributed by atoms with van der Waals surface area (Å²) in [7, 11) is 0. The first kappa shape index (κ1) is 19.8. The fraction of sp³-hybridized carbons (Fsp3) is 0.458. The minimum atomic E-state index is -0.160. The number of nitrogens with one attached hydrogen (secondary N) is 1. The standard InChI is InChI=1S/C24H30N2O3/c27-24-26(15-12-19-10-13-25-14-11-19)22(18-29-24)16-20-6-8-23(9-7-20)28-17-21-4-2-1-3-5-21/h1-9,19,22,25H,10-18H2. The first-order chi connectivity index (χ1) is 14.3. The molecule has 2 aromatic carbocycles. The summed E-state index contributed by atoms with van der Waals surface area (Å²) in [5, 5.41) is 3.40. The Morgan fingerprint density at radius 2 is 1.76 bits per heavy atom. The maximum atomic E-state index is 12.2. The molecule has 0 radical (unpaired) electrons. The zero-order valence-corrected chi connectivity index (χ0v) is 16.9. The van der Waals surface area contributed by atoms with Crippen molar-refractivity contribution in [3.63, 3.8) is 0 Å². The van der Waals surface area contributed by atoms with E-state index in [-0.39, 0.29) is 12.1 Å². The number of rotatable bonds is 8. The van der Waals surface area contributed by atoms with Crippen LogP contribution in [0.4, 0.5) is 4.79 Å². The Balaban J connectivity index is 1.28. The van der Waals surface area contributed by atoms with E-state index in [1.807, 2.05) is 35.2 Å². The van der Waals surface area contributed by atoms with Crippen molar-refractivity contribution in [1.82, 2.24) is 10.2 Å². The van der Waals surface area contributed by atoms with Gasteiger partial charge in [-0.25, -0.2) is 4.79 Å². The second-order valence-electron chi connectivity index (χ2n) is 8.03. The molecule has 1 atom stereocenters. The lowest BCUT2D eigenvalue weighted by molar-refractivity contribution is 0.154. The molecule has 2 fully saturated rings. The monoisotopic (exact) mass is 394 g/mol. The van der Waals surface area contributed by atoms with Gasteiger partial charge in [-0.05, 0) is 68.0 Å². The quantitative estimate of drug-likeness (QED) is 0.735. The van der Waals surface area contributed by atoms with Crippen LogP contribution in [0.1, 0.15) is 30.4 Å². The van der Waals surface area contributed by atoms with Crippen LogP contribution in [0.2, 0.25) is 0 Å². The average molecular weight is 395 g/mol. The largest absolute Gasteiger partial charge is 0.489 e. The molecule has 1 N–H and O–H groups in total. The highest BCUT2D eigenvalue weighted by Crippen LogP contribution is 2.23. The van der Waals surface area contributed by atoms with Crippen LogP contribution in [0.25, 0.3) is 0 Å².